The highest BCUT2D eigenvalue weighted by atomic mass is 79.9. The van der Waals surface area contributed by atoms with Gasteiger partial charge >= 0.3 is 0 Å². The van der Waals surface area contributed by atoms with E-state index in [2.05, 4.69) is 42.5 Å². The Morgan fingerprint density at radius 3 is 2.47 bits per heavy atom. The third-order valence-corrected chi connectivity index (χ3v) is 3.41. The summed E-state index contributed by atoms with van der Waals surface area (Å²) in [6.07, 6.45) is 0. The van der Waals surface area contributed by atoms with Gasteiger partial charge < -0.3 is 15.4 Å². The summed E-state index contributed by atoms with van der Waals surface area (Å²) in [6, 6.07) is 4.09. The van der Waals surface area contributed by atoms with Gasteiger partial charge in [-0.1, -0.05) is 0 Å². The lowest BCUT2D eigenvalue weighted by molar-refractivity contribution is 0.412. The zero-order valence-corrected chi connectivity index (χ0v) is 13.8. The number of ether oxygens (including phenoxy) is 1. The number of nitrogens with one attached hydrogen (secondary N) is 2. The van der Waals surface area contributed by atoms with Gasteiger partial charge in [0.1, 0.15) is 5.75 Å². The highest BCUT2D eigenvalue weighted by Crippen LogP contribution is 2.34. The molecular formula is C11H14Br2N2OS. The average Bonchev–Trinajstić information content (AvgIpc) is 2.20. The quantitative estimate of drug-likeness (QED) is 0.777. The van der Waals surface area contributed by atoms with Crippen LogP contribution in [-0.4, -0.2) is 18.3 Å². The summed E-state index contributed by atoms with van der Waals surface area (Å²) >= 11 is 12.1. The van der Waals surface area contributed by atoms with E-state index >= 15 is 0 Å². The molecule has 0 fully saturated rings. The minimum Gasteiger partial charge on any atom is -0.495 e. The van der Waals surface area contributed by atoms with E-state index in [0.29, 0.717) is 11.2 Å². The van der Waals surface area contributed by atoms with Crippen LogP contribution >= 0.6 is 44.1 Å². The van der Waals surface area contributed by atoms with Crippen molar-refractivity contribution in [3.8, 4) is 5.75 Å². The Hall–Kier alpha value is -0.330. The molecule has 0 aliphatic heterocycles. The summed E-state index contributed by atoms with van der Waals surface area (Å²) in [6.45, 7) is 4.07. The molecule has 6 heteroatoms. The lowest BCUT2D eigenvalue weighted by Crippen LogP contribution is -2.34. The van der Waals surface area contributed by atoms with Gasteiger partial charge in [0.2, 0.25) is 0 Å². The number of methoxy groups -OCH3 is 1. The summed E-state index contributed by atoms with van der Waals surface area (Å²) < 4.78 is 7.04. The topological polar surface area (TPSA) is 33.3 Å². The highest BCUT2D eigenvalue weighted by molar-refractivity contribution is 9.11. The molecule has 0 aliphatic rings. The molecule has 1 rings (SSSR count). The fourth-order valence-electron chi connectivity index (χ4n) is 1.20. The van der Waals surface area contributed by atoms with Gasteiger partial charge in [-0.3, -0.25) is 0 Å². The summed E-state index contributed by atoms with van der Waals surface area (Å²) in [4.78, 5) is 0. The molecule has 0 bridgehead atoms. The Morgan fingerprint density at radius 2 is 1.94 bits per heavy atom. The summed E-state index contributed by atoms with van der Waals surface area (Å²) in [7, 11) is 1.63. The van der Waals surface area contributed by atoms with Crippen LogP contribution in [0.1, 0.15) is 13.8 Å². The molecular weight excluding hydrogens is 368 g/mol. The maximum atomic E-state index is 5.23. The van der Waals surface area contributed by atoms with Crippen molar-refractivity contribution in [2.24, 2.45) is 0 Å². The van der Waals surface area contributed by atoms with Gasteiger partial charge in [0.25, 0.3) is 0 Å². The first-order chi connectivity index (χ1) is 7.93. The summed E-state index contributed by atoms with van der Waals surface area (Å²) in [5, 5.41) is 6.82. The Kier molecular flexibility index (Phi) is 5.69. The molecule has 0 aliphatic carbocycles. The number of benzene rings is 1. The maximum absolute atomic E-state index is 5.23. The minimum atomic E-state index is 0.297. The fraction of sp³-hybridized carbons (Fsp3) is 0.364. The lowest BCUT2D eigenvalue weighted by atomic mass is 10.3. The third kappa shape index (κ3) is 4.44. The second kappa shape index (κ2) is 6.56. The van der Waals surface area contributed by atoms with Crippen LogP contribution in [-0.2, 0) is 0 Å². The zero-order chi connectivity index (χ0) is 13.0. The molecule has 94 valence electrons. The number of anilines is 1. The van der Waals surface area contributed by atoms with Gasteiger partial charge in [0.15, 0.2) is 5.11 Å². The van der Waals surface area contributed by atoms with Gasteiger partial charge in [-0.05, 0) is 64.0 Å². The third-order valence-electron chi connectivity index (χ3n) is 1.91. The van der Waals surface area contributed by atoms with Crippen LogP contribution in [0.25, 0.3) is 0 Å². The van der Waals surface area contributed by atoms with Crippen LogP contribution in [0.15, 0.2) is 21.1 Å². The van der Waals surface area contributed by atoms with Crippen molar-refractivity contribution in [3.05, 3.63) is 21.1 Å². The van der Waals surface area contributed by atoms with Gasteiger partial charge in [-0.25, -0.2) is 0 Å². The Bertz CT molecular complexity index is 424. The normalized spacial score (nSPS) is 10.2. The number of halogens is 2. The largest absolute Gasteiger partial charge is 0.495 e. The van der Waals surface area contributed by atoms with Crippen molar-refractivity contribution < 1.29 is 4.74 Å². The standard InChI is InChI=1S/C11H14Br2N2OS/c1-6(2)14-11(17)15-9-5-10(16-3)8(13)4-7(9)12/h4-6H,1-3H3,(H2,14,15,17). The molecule has 0 heterocycles. The molecule has 3 nitrogen and oxygen atoms in total. The Morgan fingerprint density at radius 1 is 1.29 bits per heavy atom. The predicted octanol–water partition coefficient (Wildman–Crippen LogP) is 3.92. The fourth-order valence-corrected chi connectivity index (χ4v) is 2.80. The Labute approximate surface area is 124 Å². The highest BCUT2D eigenvalue weighted by Gasteiger charge is 2.08. The molecule has 0 unspecified atom stereocenters. The van der Waals surface area contributed by atoms with Crippen molar-refractivity contribution >= 4 is 54.9 Å². The van der Waals surface area contributed by atoms with Crippen LogP contribution in [0, 0.1) is 0 Å². The first-order valence-corrected chi connectivity index (χ1v) is 7.04. The van der Waals surface area contributed by atoms with Gasteiger partial charge in [-0.2, -0.15) is 0 Å². The number of thiocarbonyl (C=S) groups is 1. The molecule has 0 saturated heterocycles. The van der Waals surface area contributed by atoms with E-state index in [4.69, 9.17) is 17.0 Å². The van der Waals surface area contributed by atoms with Crippen molar-refractivity contribution in [3.63, 3.8) is 0 Å². The summed E-state index contributed by atoms with van der Waals surface area (Å²) in [5.41, 5.74) is 0.864. The monoisotopic (exact) mass is 380 g/mol. The van der Waals surface area contributed by atoms with E-state index in [9.17, 15) is 0 Å². The maximum Gasteiger partial charge on any atom is 0.171 e. The molecule has 0 spiro atoms. The second-order valence-corrected chi connectivity index (χ2v) is 5.84. The second-order valence-electron chi connectivity index (χ2n) is 3.72. The van der Waals surface area contributed by atoms with Crippen molar-refractivity contribution in [1.82, 2.24) is 5.32 Å². The van der Waals surface area contributed by atoms with Crippen LogP contribution < -0.4 is 15.4 Å². The number of rotatable bonds is 3. The lowest BCUT2D eigenvalue weighted by Gasteiger charge is -2.15. The molecule has 2 N–H and O–H groups in total. The van der Waals surface area contributed by atoms with E-state index in [1.165, 1.54) is 0 Å². The molecule has 0 amide bonds. The SMILES string of the molecule is COc1cc(NC(=S)NC(C)C)c(Br)cc1Br. The van der Waals surface area contributed by atoms with Crippen LogP contribution in [0.5, 0.6) is 5.75 Å². The van der Waals surface area contributed by atoms with Crippen LogP contribution in [0.2, 0.25) is 0 Å². The van der Waals surface area contributed by atoms with Gasteiger partial charge in [-0.15, -0.1) is 0 Å². The van der Waals surface area contributed by atoms with Crippen molar-refractivity contribution in [2.45, 2.75) is 19.9 Å². The van der Waals surface area contributed by atoms with Crippen molar-refractivity contribution in [2.75, 3.05) is 12.4 Å². The first kappa shape index (κ1) is 14.7. The van der Waals surface area contributed by atoms with Crippen LogP contribution in [0.3, 0.4) is 0 Å². The molecule has 0 atom stereocenters. The number of hydrogen-bond acceptors (Lipinski definition) is 2. The van der Waals surface area contributed by atoms with Crippen molar-refractivity contribution in [1.29, 1.82) is 0 Å². The van der Waals surface area contributed by atoms with E-state index in [0.717, 1.165) is 20.4 Å². The molecule has 17 heavy (non-hydrogen) atoms. The van der Waals surface area contributed by atoms with E-state index in [1.807, 2.05) is 26.0 Å². The predicted molar refractivity (Wildman–Crippen MR) is 82.9 cm³/mol. The van der Waals surface area contributed by atoms with E-state index in [1.54, 1.807) is 7.11 Å². The van der Waals surface area contributed by atoms with Gasteiger partial charge in [0, 0.05) is 16.6 Å². The van der Waals surface area contributed by atoms with Gasteiger partial charge in [0.05, 0.1) is 17.3 Å². The molecule has 0 saturated carbocycles. The zero-order valence-electron chi connectivity index (χ0n) is 9.80. The first-order valence-electron chi connectivity index (χ1n) is 5.04. The molecule has 1 aromatic carbocycles. The van der Waals surface area contributed by atoms with E-state index in [-0.39, 0.29) is 0 Å². The van der Waals surface area contributed by atoms with E-state index < -0.39 is 0 Å². The summed E-state index contributed by atoms with van der Waals surface area (Å²) in [5.74, 6) is 0.753. The van der Waals surface area contributed by atoms with Crippen LogP contribution in [0.4, 0.5) is 5.69 Å². The average molecular weight is 382 g/mol. The Balaban J connectivity index is 2.87. The molecule has 0 aromatic heterocycles. The number of hydrogen-bond donors (Lipinski definition) is 2. The molecule has 1 aromatic rings. The minimum absolute atomic E-state index is 0.297. The molecule has 0 radical (unpaired) electrons. The smallest absolute Gasteiger partial charge is 0.171 e.